The number of aromatic nitrogens is 2. The van der Waals surface area contributed by atoms with Gasteiger partial charge in [-0.2, -0.15) is 5.10 Å². The predicted molar refractivity (Wildman–Crippen MR) is 89.4 cm³/mol. The van der Waals surface area contributed by atoms with Gasteiger partial charge in [0.05, 0.1) is 15.9 Å². The summed E-state index contributed by atoms with van der Waals surface area (Å²) >= 11 is 3.74. The Balaban J connectivity index is 1.77. The van der Waals surface area contributed by atoms with Gasteiger partial charge in [0.15, 0.2) is 0 Å². The standard InChI is InChI=1S/C16H27BrN4/c1-3-21-14(15(17)13(2)19-21)11-20-10-6-9-18-16(12-20)7-4-5-8-16/h18H,3-12H2,1-2H3. The molecule has 0 radical (unpaired) electrons. The summed E-state index contributed by atoms with van der Waals surface area (Å²) < 4.78 is 3.35. The molecular formula is C16H27BrN4. The van der Waals surface area contributed by atoms with Crippen LogP contribution in [-0.2, 0) is 13.1 Å². The number of hydrogen-bond donors (Lipinski definition) is 1. The highest BCUT2D eigenvalue weighted by molar-refractivity contribution is 9.10. The van der Waals surface area contributed by atoms with E-state index >= 15 is 0 Å². The molecule has 21 heavy (non-hydrogen) atoms. The third-order valence-electron chi connectivity index (χ3n) is 5.06. The van der Waals surface area contributed by atoms with Crippen molar-refractivity contribution in [1.82, 2.24) is 20.0 Å². The second kappa shape index (κ2) is 6.39. The monoisotopic (exact) mass is 354 g/mol. The Morgan fingerprint density at radius 3 is 2.76 bits per heavy atom. The van der Waals surface area contributed by atoms with Crippen LogP contribution in [-0.4, -0.2) is 39.9 Å². The summed E-state index contributed by atoms with van der Waals surface area (Å²) in [5.74, 6) is 0. The number of aryl methyl sites for hydroxylation is 2. The summed E-state index contributed by atoms with van der Waals surface area (Å²) in [6, 6.07) is 0. The quantitative estimate of drug-likeness (QED) is 0.905. The highest BCUT2D eigenvalue weighted by Crippen LogP contribution is 2.32. The van der Waals surface area contributed by atoms with Crippen LogP contribution in [0.2, 0.25) is 0 Å². The Morgan fingerprint density at radius 2 is 2.05 bits per heavy atom. The molecule has 0 amide bonds. The fourth-order valence-electron chi connectivity index (χ4n) is 3.97. The van der Waals surface area contributed by atoms with Crippen molar-refractivity contribution < 1.29 is 0 Å². The lowest BCUT2D eigenvalue weighted by Gasteiger charge is -2.33. The molecule has 1 N–H and O–H groups in total. The van der Waals surface area contributed by atoms with Gasteiger partial charge < -0.3 is 5.32 Å². The molecule has 1 saturated heterocycles. The van der Waals surface area contributed by atoms with E-state index in [2.05, 4.69) is 49.8 Å². The molecule has 0 bridgehead atoms. The first-order valence-corrected chi connectivity index (χ1v) is 9.12. The second-order valence-corrected chi connectivity index (χ2v) is 7.43. The zero-order valence-corrected chi connectivity index (χ0v) is 14.9. The topological polar surface area (TPSA) is 33.1 Å². The van der Waals surface area contributed by atoms with Crippen LogP contribution in [0.1, 0.15) is 50.4 Å². The van der Waals surface area contributed by atoms with Gasteiger partial charge in [-0.25, -0.2) is 0 Å². The van der Waals surface area contributed by atoms with E-state index in [9.17, 15) is 0 Å². The molecule has 5 heteroatoms. The maximum absolute atomic E-state index is 4.63. The fraction of sp³-hybridized carbons (Fsp3) is 0.812. The van der Waals surface area contributed by atoms with E-state index in [-0.39, 0.29) is 0 Å². The van der Waals surface area contributed by atoms with E-state index in [0.29, 0.717) is 5.54 Å². The third kappa shape index (κ3) is 3.20. The zero-order valence-electron chi connectivity index (χ0n) is 13.3. The lowest BCUT2D eigenvalue weighted by molar-refractivity contribution is 0.198. The Bertz CT molecular complexity index is 491. The van der Waals surface area contributed by atoms with Crippen molar-refractivity contribution in [2.24, 2.45) is 0 Å². The van der Waals surface area contributed by atoms with E-state index in [4.69, 9.17) is 0 Å². The maximum atomic E-state index is 4.63. The molecule has 118 valence electrons. The molecule has 0 aromatic carbocycles. The average molecular weight is 355 g/mol. The van der Waals surface area contributed by atoms with Gasteiger partial charge in [-0.3, -0.25) is 9.58 Å². The summed E-state index contributed by atoms with van der Waals surface area (Å²) in [6.07, 6.45) is 6.71. The van der Waals surface area contributed by atoms with E-state index in [1.165, 1.54) is 61.9 Å². The number of nitrogens with zero attached hydrogens (tertiary/aromatic N) is 3. The van der Waals surface area contributed by atoms with Crippen LogP contribution in [0, 0.1) is 6.92 Å². The molecule has 1 aliphatic heterocycles. The molecule has 1 saturated carbocycles. The van der Waals surface area contributed by atoms with Crippen molar-refractivity contribution in [2.45, 2.75) is 64.6 Å². The average Bonchev–Trinajstić information content (AvgIpc) is 2.95. The van der Waals surface area contributed by atoms with Crippen LogP contribution in [0.5, 0.6) is 0 Å². The van der Waals surface area contributed by atoms with Crippen LogP contribution in [0.25, 0.3) is 0 Å². The number of nitrogens with one attached hydrogen (secondary N) is 1. The smallest absolute Gasteiger partial charge is 0.0739 e. The Hall–Kier alpha value is -0.390. The van der Waals surface area contributed by atoms with E-state index in [1.54, 1.807) is 0 Å². The Morgan fingerprint density at radius 1 is 1.29 bits per heavy atom. The minimum atomic E-state index is 0.384. The van der Waals surface area contributed by atoms with Crippen molar-refractivity contribution in [3.05, 3.63) is 15.9 Å². The van der Waals surface area contributed by atoms with E-state index in [0.717, 1.165) is 18.8 Å². The van der Waals surface area contributed by atoms with Gasteiger partial charge in [-0.1, -0.05) is 12.8 Å². The fourth-order valence-corrected chi connectivity index (χ4v) is 4.38. The summed E-state index contributed by atoms with van der Waals surface area (Å²) in [4.78, 5) is 2.64. The lowest BCUT2D eigenvalue weighted by Crippen LogP contribution is -2.49. The van der Waals surface area contributed by atoms with Gasteiger partial charge in [-0.15, -0.1) is 0 Å². The molecule has 0 atom stereocenters. The molecule has 2 fully saturated rings. The van der Waals surface area contributed by atoms with Crippen molar-refractivity contribution in [3.8, 4) is 0 Å². The van der Waals surface area contributed by atoms with E-state index < -0.39 is 0 Å². The van der Waals surface area contributed by atoms with Crippen molar-refractivity contribution in [1.29, 1.82) is 0 Å². The minimum absolute atomic E-state index is 0.384. The molecule has 2 aliphatic rings. The summed E-state index contributed by atoms with van der Waals surface area (Å²) in [7, 11) is 0. The highest BCUT2D eigenvalue weighted by atomic mass is 79.9. The zero-order chi connectivity index (χ0) is 14.9. The first-order chi connectivity index (χ1) is 10.1. The molecule has 1 spiro atoms. The van der Waals surface area contributed by atoms with Crippen molar-refractivity contribution >= 4 is 15.9 Å². The molecule has 2 heterocycles. The van der Waals surface area contributed by atoms with Gasteiger partial charge in [0.2, 0.25) is 0 Å². The Kier molecular flexibility index (Phi) is 4.71. The first-order valence-electron chi connectivity index (χ1n) is 8.33. The van der Waals surface area contributed by atoms with Gasteiger partial charge in [0.25, 0.3) is 0 Å². The van der Waals surface area contributed by atoms with Crippen LogP contribution < -0.4 is 5.32 Å². The van der Waals surface area contributed by atoms with E-state index in [1.807, 2.05) is 0 Å². The molecule has 1 aromatic rings. The molecular weight excluding hydrogens is 328 g/mol. The normalized spacial score (nSPS) is 22.8. The van der Waals surface area contributed by atoms with Crippen LogP contribution >= 0.6 is 15.9 Å². The highest BCUT2D eigenvalue weighted by Gasteiger charge is 2.36. The number of halogens is 1. The third-order valence-corrected chi connectivity index (χ3v) is 6.10. The lowest BCUT2D eigenvalue weighted by atomic mass is 9.97. The van der Waals surface area contributed by atoms with Gasteiger partial charge >= 0.3 is 0 Å². The summed E-state index contributed by atoms with van der Waals surface area (Å²) in [6.45, 7) is 9.76. The maximum Gasteiger partial charge on any atom is 0.0739 e. The molecule has 3 rings (SSSR count). The van der Waals surface area contributed by atoms with Gasteiger partial charge in [0, 0.05) is 25.2 Å². The summed E-state index contributed by atoms with van der Waals surface area (Å²) in [5, 5.41) is 8.48. The van der Waals surface area contributed by atoms with Gasteiger partial charge in [0.1, 0.15) is 0 Å². The van der Waals surface area contributed by atoms with Crippen LogP contribution in [0.15, 0.2) is 4.47 Å². The number of rotatable bonds is 3. The first kappa shape index (κ1) is 15.5. The molecule has 0 unspecified atom stereocenters. The number of hydrogen-bond acceptors (Lipinski definition) is 3. The SMILES string of the molecule is CCn1nc(C)c(Br)c1CN1CCCNC2(CCCC2)C1. The summed E-state index contributed by atoms with van der Waals surface area (Å²) in [5.41, 5.74) is 2.83. The molecule has 1 aliphatic carbocycles. The minimum Gasteiger partial charge on any atom is -0.310 e. The van der Waals surface area contributed by atoms with Crippen molar-refractivity contribution in [2.75, 3.05) is 19.6 Å². The van der Waals surface area contributed by atoms with Crippen LogP contribution in [0.4, 0.5) is 0 Å². The van der Waals surface area contributed by atoms with Gasteiger partial charge in [-0.05, 0) is 62.1 Å². The van der Waals surface area contributed by atoms with Crippen molar-refractivity contribution in [3.63, 3.8) is 0 Å². The molecule has 1 aromatic heterocycles. The molecule has 4 nitrogen and oxygen atoms in total. The largest absolute Gasteiger partial charge is 0.310 e. The second-order valence-electron chi connectivity index (χ2n) is 6.64. The Labute approximate surface area is 136 Å². The predicted octanol–water partition coefficient (Wildman–Crippen LogP) is 3.08. The van der Waals surface area contributed by atoms with Crippen LogP contribution in [0.3, 0.4) is 0 Å².